The van der Waals surface area contributed by atoms with Crippen molar-refractivity contribution >= 4 is 5.91 Å². The van der Waals surface area contributed by atoms with Crippen LogP contribution in [0.3, 0.4) is 0 Å². The fraction of sp³-hybridized carbons (Fsp3) is 0.400. The normalized spacial score (nSPS) is 12.0. The number of carbonyl (C=O) groups excluding carboxylic acids is 1. The molecule has 1 N–H and O–H groups in total. The van der Waals surface area contributed by atoms with Crippen molar-refractivity contribution in [3.8, 4) is 5.75 Å². The standard InChI is InChI=1S/C15H20N4O2/c1-4-13(21-12-8-6-5-7-9-12)15(20)19(3)10-14-16-11(2)17-18-14/h5-9,13H,4,10H2,1-3H3,(H,16,17,18). The predicted molar refractivity (Wildman–Crippen MR) is 78.7 cm³/mol. The lowest BCUT2D eigenvalue weighted by molar-refractivity contribution is -0.138. The second kappa shape index (κ2) is 6.88. The van der Waals surface area contributed by atoms with Crippen LogP contribution in [0.1, 0.15) is 25.0 Å². The first-order chi connectivity index (χ1) is 10.1. The molecular weight excluding hydrogens is 268 g/mol. The van der Waals surface area contributed by atoms with Crippen molar-refractivity contribution in [2.24, 2.45) is 0 Å². The van der Waals surface area contributed by atoms with Crippen LogP contribution in [0.4, 0.5) is 0 Å². The topological polar surface area (TPSA) is 71.1 Å². The second-order valence-electron chi connectivity index (χ2n) is 4.86. The van der Waals surface area contributed by atoms with E-state index >= 15 is 0 Å². The molecule has 1 aromatic heterocycles. The van der Waals surface area contributed by atoms with Gasteiger partial charge in [0.15, 0.2) is 11.9 Å². The summed E-state index contributed by atoms with van der Waals surface area (Å²) in [5, 5.41) is 6.80. The van der Waals surface area contributed by atoms with Gasteiger partial charge in [0.25, 0.3) is 5.91 Å². The molecule has 1 amide bonds. The number of H-pyrrole nitrogens is 1. The van der Waals surface area contributed by atoms with Gasteiger partial charge in [-0.05, 0) is 25.5 Å². The zero-order valence-corrected chi connectivity index (χ0v) is 12.5. The molecule has 0 spiro atoms. The molecule has 0 bridgehead atoms. The minimum atomic E-state index is -0.502. The molecule has 0 saturated carbocycles. The highest BCUT2D eigenvalue weighted by molar-refractivity contribution is 5.80. The first-order valence-electron chi connectivity index (χ1n) is 6.94. The number of aromatic nitrogens is 3. The number of carbonyl (C=O) groups is 1. The molecule has 1 heterocycles. The van der Waals surface area contributed by atoms with Crippen molar-refractivity contribution in [2.45, 2.75) is 32.9 Å². The maximum absolute atomic E-state index is 12.4. The maximum atomic E-state index is 12.4. The Kier molecular flexibility index (Phi) is 4.92. The van der Waals surface area contributed by atoms with E-state index < -0.39 is 6.10 Å². The van der Waals surface area contributed by atoms with Crippen molar-refractivity contribution in [3.63, 3.8) is 0 Å². The van der Waals surface area contributed by atoms with Gasteiger partial charge in [0.2, 0.25) is 0 Å². The molecular formula is C15H20N4O2. The lowest BCUT2D eigenvalue weighted by Gasteiger charge is -2.22. The molecule has 112 valence electrons. The molecule has 2 rings (SSSR count). The Morgan fingerprint density at radius 3 is 2.67 bits per heavy atom. The second-order valence-corrected chi connectivity index (χ2v) is 4.86. The molecule has 0 aliphatic rings. The highest BCUT2D eigenvalue weighted by Crippen LogP contribution is 2.14. The first kappa shape index (κ1) is 15.0. The number of para-hydroxylation sites is 1. The summed E-state index contributed by atoms with van der Waals surface area (Å²) in [6.07, 6.45) is 0.0999. The van der Waals surface area contributed by atoms with Crippen LogP contribution in [-0.4, -0.2) is 39.1 Å². The van der Waals surface area contributed by atoms with Crippen LogP contribution in [0.2, 0.25) is 0 Å². The third kappa shape index (κ3) is 4.05. The molecule has 0 saturated heterocycles. The van der Waals surface area contributed by atoms with Gasteiger partial charge in [-0.2, -0.15) is 5.10 Å². The lowest BCUT2D eigenvalue weighted by atomic mass is 10.2. The lowest BCUT2D eigenvalue weighted by Crippen LogP contribution is -2.39. The summed E-state index contributed by atoms with van der Waals surface area (Å²) in [5.41, 5.74) is 0. The molecule has 1 aromatic carbocycles. The number of nitrogens with zero attached hydrogens (tertiary/aromatic N) is 3. The molecule has 0 aliphatic heterocycles. The van der Waals surface area contributed by atoms with Crippen molar-refractivity contribution in [1.29, 1.82) is 0 Å². The molecule has 0 radical (unpaired) electrons. The SMILES string of the molecule is CCC(Oc1ccccc1)C(=O)N(C)Cc1n[nH]c(C)n1. The molecule has 0 aliphatic carbocycles. The summed E-state index contributed by atoms with van der Waals surface area (Å²) in [7, 11) is 1.73. The predicted octanol–water partition coefficient (Wildman–Crippen LogP) is 1.93. The zero-order chi connectivity index (χ0) is 15.2. The number of aromatic amines is 1. The average Bonchev–Trinajstić information content (AvgIpc) is 2.90. The molecule has 1 atom stereocenters. The number of ether oxygens (including phenoxy) is 1. The zero-order valence-electron chi connectivity index (χ0n) is 12.5. The van der Waals surface area contributed by atoms with E-state index in [1.807, 2.05) is 44.2 Å². The number of benzene rings is 1. The smallest absolute Gasteiger partial charge is 0.263 e. The van der Waals surface area contributed by atoms with Crippen molar-refractivity contribution in [1.82, 2.24) is 20.1 Å². The van der Waals surface area contributed by atoms with Gasteiger partial charge in [0.05, 0.1) is 6.54 Å². The molecule has 21 heavy (non-hydrogen) atoms. The maximum Gasteiger partial charge on any atom is 0.263 e. The summed E-state index contributed by atoms with van der Waals surface area (Å²) in [6, 6.07) is 9.36. The Balaban J connectivity index is 1.98. The van der Waals surface area contributed by atoms with E-state index in [1.54, 1.807) is 11.9 Å². The Morgan fingerprint density at radius 2 is 2.10 bits per heavy atom. The monoisotopic (exact) mass is 288 g/mol. The number of hydrogen-bond donors (Lipinski definition) is 1. The van der Waals surface area contributed by atoms with E-state index in [2.05, 4.69) is 15.2 Å². The van der Waals surface area contributed by atoms with Gasteiger partial charge in [0, 0.05) is 7.05 Å². The number of likely N-dealkylation sites (N-methyl/N-ethyl adjacent to an activating group) is 1. The molecule has 6 nitrogen and oxygen atoms in total. The van der Waals surface area contributed by atoms with E-state index in [4.69, 9.17) is 4.74 Å². The molecule has 2 aromatic rings. The van der Waals surface area contributed by atoms with Crippen molar-refractivity contribution < 1.29 is 9.53 Å². The van der Waals surface area contributed by atoms with Crippen LogP contribution < -0.4 is 4.74 Å². The third-order valence-electron chi connectivity index (χ3n) is 3.07. The number of amides is 1. The van der Waals surface area contributed by atoms with Crippen LogP contribution in [-0.2, 0) is 11.3 Å². The van der Waals surface area contributed by atoms with Crippen molar-refractivity contribution in [3.05, 3.63) is 42.0 Å². The minimum Gasteiger partial charge on any atom is -0.481 e. The average molecular weight is 288 g/mol. The van der Waals surface area contributed by atoms with Crippen LogP contribution in [0.5, 0.6) is 5.75 Å². The summed E-state index contributed by atoms with van der Waals surface area (Å²) in [6.45, 7) is 4.11. The Morgan fingerprint density at radius 1 is 1.38 bits per heavy atom. The van der Waals surface area contributed by atoms with Crippen molar-refractivity contribution in [2.75, 3.05) is 7.05 Å². The summed E-state index contributed by atoms with van der Waals surface area (Å²) >= 11 is 0. The summed E-state index contributed by atoms with van der Waals surface area (Å²) < 4.78 is 5.75. The summed E-state index contributed by atoms with van der Waals surface area (Å²) in [5.74, 6) is 1.94. The molecule has 6 heteroatoms. The van der Waals surface area contributed by atoms with E-state index in [0.29, 0.717) is 24.5 Å². The van der Waals surface area contributed by atoms with Crippen LogP contribution in [0.25, 0.3) is 0 Å². The fourth-order valence-corrected chi connectivity index (χ4v) is 1.97. The highest BCUT2D eigenvalue weighted by Gasteiger charge is 2.23. The third-order valence-corrected chi connectivity index (χ3v) is 3.07. The molecule has 1 unspecified atom stereocenters. The van der Waals surface area contributed by atoms with Crippen LogP contribution in [0, 0.1) is 6.92 Å². The van der Waals surface area contributed by atoms with E-state index in [1.165, 1.54) is 0 Å². The minimum absolute atomic E-state index is 0.0798. The Labute approximate surface area is 124 Å². The van der Waals surface area contributed by atoms with Gasteiger partial charge in [-0.15, -0.1) is 0 Å². The Hall–Kier alpha value is -2.37. The quantitative estimate of drug-likeness (QED) is 0.881. The number of aryl methyl sites for hydroxylation is 1. The van der Waals surface area contributed by atoms with E-state index in [-0.39, 0.29) is 5.91 Å². The molecule has 0 fully saturated rings. The van der Waals surface area contributed by atoms with Crippen LogP contribution >= 0.6 is 0 Å². The van der Waals surface area contributed by atoms with Gasteiger partial charge in [-0.1, -0.05) is 25.1 Å². The number of nitrogens with one attached hydrogen (secondary N) is 1. The van der Waals surface area contributed by atoms with Gasteiger partial charge in [-0.25, -0.2) is 4.98 Å². The Bertz CT molecular complexity index is 582. The van der Waals surface area contributed by atoms with Gasteiger partial charge in [-0.3, -0.25) is 9.89 Å². The highest BCUT2D eigenvalue weighted by atomic mass is 16.5. The van der Waals surface area contributed by atoms with E-state index in [0.717, 1.165) is 5.82 Å². The van der Waals surface area contributed by atoms with Gasteiger partial charge >= 0.3 is 0 Å². The fourth-order valence-electron chi connectivity index (χ4n) is 1.97. The number of hydrogen-bond acceptors (Lipinski definition) is 4. The van der Waals surface area contributed by atoms with Crippen LogP contribution in [0.15, 0.2) is 30.3 Å². The number of rotatable bonds is 6. The van der Waals surface area contributed by atoms with Gasteiger partial charge in [0.1, 0.15) is 11.6 Å². The summed E-state index contributed by atoms with van der Waals surface area (Å²) in [4.78, 5) is 18.2. The first-order valence-corrected chi connectivity index (χ1v) is 6.94. The van der Waals surface area contributed by atoms with Gasteiger partial charge < -0.3 is 9.64 Å². The van der Waals surface area contributed by atoms with E-state index in [9.17, 15) is 4.79 Å². The largest absolute Gasteiger partial charge is 0.481 e.